The first kappa shape index (κ1) is 104. The van der Waals surface area contributed by atoms with Crippen molar-refractivity contribution >= 4 is 87.8 Å². The molecule has 4 heterocycles. The van der Waals surface area contributed by atoms with Gasteiger partial charge in [-0.15, -0.1) is 11.8 Å². The van der Waals surface area contributed by atoms with Crippen molar-refractivity contribution in [2.24, 2.45) is 22.6 Å². The van der Waals surface area contributed by atoms with Gasteiger partial charge < -0.3 is 93.1 Å². The average molecular weight is 1770 g/mol. The fourth-order valence-corrected chi connectivity index (χ4v) is 16.1. The van der Waals surface area contributed by atoms with E-state index in [1.54, 1.807) is 6.07 Å². The van der Waals surface area contributed by atoms with E-state index in [2.05, 4.69) is 37.6 Å². The second-order valence-electron chi connectivity index (χ2n) is 31.4. The molecular formula is C89H143ClN10O22S. The van der Waals surface area contributed by atoms with Crippen LogP contribution in [0, 0.1) is 11.8 Å². The highest BCUT2D eigenvalue weighted by Gasteiger charge is 2.41. The predicted octanol–water partition coefficient (Wildman–Crippen LogP) is 7.92. The number of primary amides is 1. The van der Waals surface area contributed by atoms with Gasteiger partial charge >= 0.3 is 0 Å². The van der Waals surface area contributed by atoms with Gasteiger partial charge in [0.2, 0.25) is 41.4 Å². The molecule has 694 valence electrons. The van der Waals surface area contributed by atoms with Crippen LogP contribution in [-0.2, 0) is 100.0 Å². The molecule has 3 saturated heterocycles. The monoisotopic (exact) mass is 1770 g/mol. The van der Waals surface area contributed by atoms with Crippen LogP contribution < -0.4 is 26.4 Å². The first-order valence-electron chi connectivity index (χ1n) is 45.4. The first-order valence-corrected chi connectivity index (χ1v) is 46.8. The number of benzene rings is 2. The van der Waals surface area contributed by atoms with Crippen LogP contribution in [0.15, 0.2) is 47.5 Å². The minimum absolute atomic E-state index is 0.0441. The van der Waals surface area contributed by atoms with Crippen molar-refractivity contribution in [2.75, 3.05) is 249 Å². The number of nitrogens with one attached hydrogen (secondary N) is 3. The van der Waals surface area contributed by atoms with Crippen molar-refractivity contribution in [3.8, 4) is 11.5 Å². The van der Waals surface area contributed by atoms with Gasteiger partial charge in [-0.25, -0.2) is 4.99 Å². The standard InChI is InChI=1S/C89H143ClN10O22S/c1-2-3-4-5-6-7-8-9-13-26-82(103)94-78(85(91)106)24-12-10-11-19-73(102)30-44-111-46-48-113-50-52-115-54-56-117-58-60-119-62-64-121-66-65-120-63-61-118-59-57-116-55-53-114-51-49-112-47-45-110-43-18-20-72(101)29-33-100-84(105)69-81(89(100)109)123-67-32-92-83(104)70-97-37-35-96(36-38-97)34-31-93-87(107)74-21-14-15-22-75(74)88(108)99-41-39-98(40-42-99)86-76-68-71(90)27-28-79(76)122-80-25-17-16-23-77(80)95-86/h16-17,23,25,27-28,68,74-75,78,81H,2-15,18-22,24,26,29-67,69-70H2,1H3,(H2,91,106)(H,92,104)(H,93,107)(H,94,103). The highest BCUT2D eigenvalue weighted by Crippen LogP contribution is 2.40. The van der Waals surface area contributed by atoms with E-state index in [4.69, 9.17) is 83.9 Å². The molecule has 5 aliphatic rings. The van der Waals surface area contributed by atoms with Crippen LogP contribution in [0.25, 0.3) is 0 Å². The van der Waals surface area contributed by atoms with Crippen LogP contribution in [-0.4, -0.2) is 344 Å². The van der Waals surface area contributed by atoms with Gasteiger partial charge in [-0.1, -0.05) is 108 Å². The molecule has 0 spiro atoms. The number of hydrogen-bond acceptors (Lipinski definition) is 27. The lowest BCUT2D eigenvalue weighted by atomic mass is 9.77. The van der Waals surface area contributed by atoms with Crippen molar-refractivity contribution in [2.45, 2.75) is 172 Å². The molecule has 4 aliphatic heterocycles. The number of amides is 7. The molecule has 0 radical (unpaired) electrons. The number of ketones is 2. The summed E-state index contributed by atoms with van der Waals surface area (Å²) in [5.41, 5.74) is 7.08. The number of piperazine rings is 2. The average Bonchev–Trinajstić information content (AvgIpc) is 1.70. The lowest BCUT2D eigenvalue weighted by Crippen LogP contribution is -2.54. The van der Waals surface area contributed by atoms with Gasteiger partial charge in [-0.05, 0) is 68.9 Å². The fourth-order valence-electron chi connectivity index (χ4n) is 14.9. The highest BCUT2D eigenvalue weighted by molar-refractivity contribution is 8.00. The molecular weight excluding hydrogens is 1630 g/mol. The maximum atomic E-state index is 14.2. The lowest BCUT2D eigenvalue weighted by Gasteiger charge is -2.40. The quantitative estimate of drug-likeness (QED) is 0.0360. The van der Waals surface area contributed by atoms with E-state index in [0.29, 0.717) is 298 Å². The number of likely N-dealkylation sites (tertiary alicyclic amines) is 1. The number of amidine groups is 1. The number of carbonyl (C=O) groups is 9. The molecule has 2 aromatic rings. The van der Waals surface area contributed by atoms with E-state index >= 15 is 0 Å². The van der Waals surface area contributed by atoms with E-state index < -0.39 is 17.2 Å². The Balaban J connectivity index is 0.542. The minimum atomic E-state index is -0.672. The summed E-state index contributed by atoms with van der Waals surface area (Å²) in [7, 11) is 0. The minimum Gasteiger partial charge on any atom is -0.454 e. The number of thioether (sulfide) groups is 1. The summed E-state index contributed by atoms with van der Waals surface area (Å²) >= 11 is 7.80. The second-order valence-corrected chi connectivity index (χ2v) is 33.1. The Hall–Kier alpha value is -6.38. The molecule has 1 aliphatic carbocycles. The Kier molecular flexibility index (Phi) is 55.0. The number of ether oxygens (including phenoxy) is 13. The molecule has 7 rings (SSSR count). The van der Waals surface area contributed by atoms with E-state index in [-0.39, 0.29) is 91.2 Å². The molecule has 34 heteroatoms. The molecule has 2 aromatic carbocycles. The molecule has 32 nitrogen and oxygen atoms in total. The summed E-state index contributed by atoms with van der Waals surface area (Å²) in [5.74, 6) is 0.535. The second kappa shape index (κ2) is 65.2. The van der Waals surface area contributed by atoms with Crippen molar-refractivity contribution in [3.63, 3.8) is 0 Å². The molecule has 4 unspecified atom stereocenters. The number of nitrogens with zero attached hydrogens (tertiary/aromatic N) is 6. The van der Waals surface area contributed by atoms with Crippen LogP contribution in [0.2, 0.25) is 5.02 Å². The third-order valence-corrected chi connectivity index (χ3v) is 23.4. The van der Waals surface area contributed by atoms with Gasteiger partial charge in [0.05, 0.1) is 169 Å². The first-order chi connectivity index (χ1) is 60.2. The smallest absolute Gasteiger partial charge is 0.242 e. The van der Waals surface area contributed by atoms with E-state index in [1.807, 2.05) is 41.3 Å². The molecule has 1 saturated carbocycles. The number of nitrogens with two attached hydrogens (primary N) is 1. The molecule has 0 bridgehead atoms. The SMILES string of the molecule is CCCCCCCCCCCC(=O)NC(CCCCCC(=O)CCOCCOCCOCCOCCOCCOCCOCCOCCOCCOCCOCCOCCCC(=O)CCN1C(=O)CC(SCCNC(=O)CN2CCN(CCNC(=O)C3CCCCC3C(=O)N3CCN(C4=Nc5ccccc5Oc5ccc(Cl)cc54)CC3)CC2)C1=O)C(N)=O. The zero-order valence-corrected chi connectivity index (χ0v) is 74.8. The number of imide groups is 1. The highest BCUT2D eigenvalue weighted by atomic mass is 35.5. The third-order valence-electron chi connectivity index (χ3n) is 21.9. The number of unbranched alkanes of at least 4 members (excludes halogenated alkanes) is 10. The van der Waals surface area contributed by atoms with Gasteiger partial charge in [-0.2, -0.15) is 0 Å². The summed E-state index contributed by atoms with van der Waals surface area (Å²) < 4.78 is 72.9. The molecule has 4 atom stereocenters. The maximum absolute atomic E-state index is 14.2. The van der Waals surface area contributed by atoms with Gasteiger partial charge in [0.25, 0.3) is 0 Å². The Morgan fingerprint density at radius 2 is 1.02 bits per heavy atom. The van der Waals surface area contributed by atoms with E-state index in [1.165, 1.54) is 55.2 Å². The largest absolute Gasteiger partial charge is 0.454 e. The zero-order valence-electron chi connectivity index (χ0n) is 73.2. The molecule has 5 N–H and O–H groups in total. The summed E-state index contributed by atoms with van der Waals surface area (Å²) in [6.07, 6.45) is 18.6. The van der Waals surface area contributed by atoms with Gasteiger partial charge in [0.1, 0.15) is 34.9 Å². The topological polar surface area (TPSA) is 364 Å². The van der Waals surface area contributed by atoms with Gasteiger partial charge in [0.15, 0.2) is 5.75 Å². The molecule has 0 aromatic heterocycles. The normalized spacial score (nSPS) is 17.2. The Morgan fingerprint density at radius 1 is 0.512 bits per heavy atom. The number of carbonyl (C=O) groups excluding carboxylic acids is 9. The number of para-hydroxylation sites is 2. The Morgan fingerprint density at radius 3 is 1.59 bits per heavy atom. The number of hydrogen-bond donors (Lipinski definition) is 4. The maximum Gasteiger partial charge on any atom is 0.242 e. The molecule has 123 heavy (non-hydrogen) atoms. The van der Waals surface area contributed by atoms with Crippen LogP contribution in [0.4, 0.5) is 5.69 Å². The van der Waals surface area contributed by atoms with Crippen LogP contribution in [0.1, 0.15) is 167 Å². The summed E-state index contributed by atoms with van der Waals surface area (Å²) in [6.45, 7) is 19.2. The van der Waals surface area contributed by atoms with Crippen molar-refractivity contribution < 1.29 is 105 Å². The summed E-state index contributed by atoms with van der Waals surface area (Å²) in [4.78, 5) is 131. The molecule has 7 amide bonds. The Bertz CT molecular complexity index is 3380. The number of rotatable bonds is 72. The number of halogens is 1. The van der Waals surface area contributed by atoms with Crippen LogP contribution >= 0.6 is 23.4 Å². The van der Waals surface area contributed by atoms with Crippen LogP contribution in [0.3, 0.4) is 0 Å². The van der Waals surface area contributed by atoms with E-state index in [0.717, 1.165) is 68.7 Å². The van der Waals surface area contributed by atoms with Gasteiger partial charge in [0, 0.05) is 146 Å². The van der Waals surface area contributed by atoms with E-state index in [9.17, 15) is 43.2 Å². The van der Waals surface area contributed by atoms with Crippen molar-refractivity contribution in [1.82, 2.24) is 40.4 Å². The number of fused-ring (bicyclic) bond motifs is 2. The van der Waals surface area contributed by atoms with Gasteiger partial charge in [-0.3, -0.25) is 57.9 Å². The van der Waals surface area contributed by atoms with Crippen LogP contribution in [0.5, 0.6) is 11.5 Å². The van der Waals surface area contributed by atoms with Crippen molar-refractivity contribution in [1.29, 1.82) is 0 Å². The fraction of sp³-hybridized carbons (Fsp3) is 0.753. The zero-order chi connectivity index (χ0) is 87.4. The third kappa shape index (κ3) is 44.3. The summed E-state index contributed by atoms with van der Waals surface area (Å²) in [6, 6.07) is 12.5. The Labute approximate surface area is 738 Å². The predicted molar refractivity (Wildman–Crippen MR) is 469 cm³/mol. The van der Waals surface area contributed by atoms with Crippen molar-refractivity contribution in [3.05, 3.63) is 53.1 Å². The molecule has 4 fully saturated rings. The lowest BCUT2D eigenvalue weighted by molar-refractivity contribution is -0.144. The summed E-state index contributed by atoms with van der Waals surface area (Å²) in [5, 5.41) is 8.94. The number of Topliss-reactive ketones (excluding diaryl/α,β-unsaturated/α-hetero) is 2. The number of aliphatic imine (C=N–C) groups is 1.